The highest BCUT2D eigenvalue weighted by Crippen LogP contribution is 2.25. The third kappa shape index (κ3) is 4.03. The van der Waals surface area contributed by atoms with Gasteiger partial charge in [-0.25, -0.2) is 0 Å². The monoisotopic (exact) mass is 231 g/mol. The van der Waals surface area contributed by atoms with Gasteiger partial charge in [0.15, 0.2) is 0 Å². The van der Waals surface area contributed by atoms with Crippen LogP contribution in [-0.2, 0) is 4.79 Å². The minimum atomic E-state index is -0.709. The molecule has 0 aliphatic carbocycles. The summed E-state index contributed by atoms with van der Waals surface area (Å²) >= 11 is 1.94. The highest BCUT2D eigenvalue weighted by atomic mass is 32.2. The maximum atomic E-state index is 11.0. The first kappa shape index (κ1) is 12.8. The Morgan fingerprint density at radius 2 is 2.40 bits per heavy atom. The Bertz CT molecular complexity index is 211. The smallest absolute Gasteiger partial charge is 0.320 e. The third-order valence-electron chi connectivity index (χ3n) is 2.90. The van der Waals surface area contributed by atoms with Crippen molar-refractivity contribution in [3.05, 3.63) is 0 Å². The van der Waals surface area contributed by atoms with Gasteiger partial charge in [0.1, 0.15) is 6.04 Å². The number of aliphatic carboxylic acids is 1. The van der Waals surface area contributed by atoms with E-state index in [0.717, 1.165) is 19.3 Å². The average Bonchev–Trinajstić information content (AvgIpc) is 2.20. The zero-order valence-electron chi connectivity index (χ0n) is 9.53. The first-order valence-corrected chi connectivity index (χ1v) is 6.80. The van der Waals surface area contributed by atoms with E-state index < -0.39 is 5.97 Å². The molecule has 0 spiro atoms. The molecule has 15 heavy (non-hydrogen) atoms. The van der Waals surface area contributed by atoms with E-state index in [-0.39, 0.29) is 6.04 Å². The number of nitrogens with one attached hydrogen (secondary N) is 1. The summed E-state index contributed by atoms with van der Waals surface area (Å²) < 4.78 is 0. The molecule has 0 aromatic rings. The summed E-state index contributed by atoms with van der Waals surface area (Å²) in [6.45, 7) is 4.21. The molecule has 2 N–H and O–H groups in total. The van der Waals surface area contributed by atoms with Crippen LogP contribution in [0.15, 0.2) is 0 Å². The van der Waals surface area contributed by atoms with Crippen LogP contribution in [0, 0.1) is 0 Å². The van der Waals surface area contributed by atoms with E-state index in [0.29, 0.717) is 11.3 Å². The summed E-state index contributed by atoms with van der Waals surface area (Å²) in [5, 5.41) is 12.9. The zero-order valence-corrected chi connectivity index (χ0v) is 10.3. The van der Waals surface area contributed by atoms with Crippen LogP contribution in [0.1, 0.15) is 39.5 Å². The molecule has 3 unspecified atom stereocenters. The van der Waals surface area contributed by atoms with E-state index in [1.54, 1.807) is 0 Å². The van der Waals surface area contributed by atoms with E-state index in [1.807, 2.05) is 18.7 Å². The number of carbonyl (C=O) groups is 1. The highest BCUT2D eigenvalue weighted by Gasteiger charge is 2.26. The lowest BCUT2D eigenvalue weighted by Crippen LogP contribution is -2.48. The van der Waals surface area contributed by atoms with Gasteiger partial charge in [0.25, 0.3) is 0 Å². The van der Waals surface area contributed by atoms with Crippen LogP contribution in [0.25, 0.3) is 0 Å². The SMILES string of the molecule is CCCC(NC1CCCSC1C)C(=O)O. The summed E-state index contributed by atoms with van der Waals surface area (Å²) in [6.07, 6.45) is 3.95. The second-order valence-electron chi connectivity index (χ2n) is 4.17. The minimum absolute atomic E-state index is 0.360. The minimum Gasteiger partial charge on any atom is -0.480 e. The van der Waals surface area contributed by atoms with Gasteiger partial charge < -0.3 is 10.4 Å². The normalized spacial score (nSPS) is 28.7. The van der Waals surface area contributed by atoms with Gasteiger partial charge in [0.2, 0.25) is 0 Å². The molecule has 88 valence electrons. The lowest BCUT2D eigenvalue weighted by molar-refractivity contribution is -0.139. The van der Waals surface area contributed by atoms with Crippen LogP contribution in [-0.4, -0.2) is 34.2 Å². The molecule has 0 aromatic carbocycles. The van der Waals surface area contributed by atoms with Gasteiger partial charge >= 0.3 is 5.97 Å². The quantitative estimate of drug-likeness (QED) is 0.761. The lowest BCUT2D eigenvalue weighted by atomic mass is 10.1. The number of rotatable bonds is 5. The molecule has 4 heteroatoms. The molecule has 3 nitrogen and oxygen atoms in total. The first-order chi connectivity index (χ1) is 7.15. The van der Waals surface area contributed by atoms with Crippen LogP contribution in [0.5, 0.6) is 0 Å². The summed E-state index contributed by atoms with van der Waals surface area (Å²) in [4.78, 5) is 11.0. The largest absolute Gasteiger partial charge is 0.480 e. The number of carboxylic acid groups (broad SMARTS) is 1. The Balaban J connectivity index is 2.44. The van der Waals surface area contributed by atoms with Crippen molar-refractivity contribution >= 4 is 17.7 Å². The van der Waals surface area contributed by atoms with Gasteiger partial charge in [-0.2, -0.15) is 11.8 Å². The number of hydrogen-bond donors (Lipinski definition) is 2. The van der Waals surface area contributed by atoms with Gasteiger partial charge in [0, 0.05) is 11.3 Å². The summed E-state index contributed by atoms with van der Waals surface area (Å²) in [7, 11) is 0. The van der Waals surface area contributed by atoms with Gasteiger partial charge in [-0.3, -0.25) is 4.79 Å². The van der Waals surface area contributed by atoms with Crippen molar-refractivity contribution < 1.29 is 9.90 Å². The predicted molar refractivity (Wildman–Crippen MR) is 64.4 cm³/mol. The molecule has 0 bridgehead atoms. The van der Waals surface area contributed by atoms with E-state index in [9.17, 15) is 4.79 Å². The molecule has 0 saturated carbocycles. The van der Waals surface area contributed by atoms with Gasteiger partial charge in [-0.05, 0) is 25.0 Å². The fourth-order valence-corrected chi connectivity index (χ4v) is 3.12. The number of thioether (sulfide) groups is 1. The molecule has 1 aliphatic rings. The zero-order chi connectivity index (χ0) is 11.3. The van der Waals surface area contributed by atoms with Crippen LogP contribution >= 0.6 is 11.8 Å². The van der Waals surface area contributed by atoms with E-state index in [2.05, 4.69) is 12.2 Å². The van der Waals surface area contributed by atoms with Gasteiger partial charge in [-0.15, -0.1) is 0 Å². The maximum absolute atomic E-state index is 11.0. The summed E-state index contributed by atoms with van der Waals surface area (Å²) in [6, 6.07) is 0.0116. The predicted octanol–water partition coefficient (Wildman–Crippen LogP) is 2.11. The van der Waals surface area contributed by atoms with Crippen molar-refractivity contribution in [2.24, 2.45) is 0 Å². The van der Waals surface area contributed by atoms with Crippen molar-refractivity contribution in [2.45, 2.75) is 56.9 Å². The maximum Gasteiger partial charge on any atom is 0.320 e. The highest BCUT2D eigenvalue weighted by molar-refractivity contribution is 7.99. The Kier molecular flexibility index (Phi) is 5.47. The third-order valence-corrected chi connectivity index (χ3v) is 4.28. The molecule has 1 fully saturated rings. The standard InChI is InChI=1S/C11H21NO2S/c1-3-5-10(11(13)14)12-9-6-4-7-15-8(9)2/h8-10,12H,3-7H2,1-2H3,(H,13,14). The Morgan fingerprint density at radius 3 is 2.93 bits per heavy atom. The number of hydrogen-bond acceptors (Lipinski definition) is 3. The van der Waals surface area contributed by atoms with E-state index in [4.69, 9.17) is 5.11 Å². The Labute approximate surface area is 96.0 Å². The van der Waals surface area contributed by atoms with Crippen molar-refractivity contribution in [1.82, 2.24) is 5.32 Å². The second kappa shape index (κ2) is 6.38. The van der Waals surface area contributed by atoms with Crippen LogP contribution in [0.2, 0.25) is 0 Å². The molecule has 1 aliphatic heterocycles. The molecule has 0 aromatic heterocycles. The molecule has 0 amide bonds. The topological polar surface area (TPSA) is 49.3 Å². The lowest BCUT2D eigenvalue weighted by Gasteiger charge is -2.31. The van der Waals surface area contributed by atoms with Crippen LogP contribution in [0.4, 0.5) is 0 Å². The second-order valence-corrected chi connectivity index (χ2v) is 5.66. The van der Waals surface area contributed by atoms with Crippen LogP contribution in [0.3, 0.4) is 0 Å². The molecular weight excluding hydrogens is 210 g/mol. The van der Waals surface area contributed by atoms with Gasteiger partial charge in [-0.1, -0.05) is 20.3 Å². The Hall–Kier alpha value is -0.220. The molecule has 1 saturated heterocycles. The van der Waals surface area contributed by atoms with E-state index >= 15 is 0 Å². The molecule has 1 rings (SSSR count). The Morgan fingerprint density at radius 1 is 1.67 bits per heavy atom. The van der Waals surface area contributed by atoms with Crippen molar-refractivity contribution in [3.63, 3.8) is 0 Å². The summed E-state index contributed by atoms with van der Waals surface area (Å²) in [5.41, 5.74) is 0. The van der Waals surface area contributed by atoms with Crippen molar-refractivity contribution in [1.29, 1.82) is 0 Å². The summed E-state index contributed by atoms with van der Waals surface area (Å²) in [5.74, 6) is 0.504. The van der Waals surface area contributed by atoms with E-state index in [1.165, 1.54) is 12.2 Å². The fraction of sp³-hybridized carbons (Fsp3) is 0.909. The molecule has 0 radical (unpaired) electrons. The van der Waals surface area contributed by atoms with Crippen LogP contribution < -0.4 is 5.32 Å². The van der Waals surface area contributed by atoms with Gasteiger partial charge in [0.05, 0.1) is 0 Å². The van der Waals surface area contributed by atoms with Crippen molar-refractivity contribution in [3.8, 4) is 0 Å². The molecule has 1 heterocycles. The number of carboxylic acids is 1. The first-order valence-electron chi connectivity index (χ1n) is 5.75. The fourth-order valence-electron chi connectivity index (χ4n) is 1.97. The molecular formula is C11H21NO2S. The molecule has 3 atom stereocenters. The average molecular weight is 231 g/mol. The van der Waals surface area contributed by atoms with Crippen molar-refractivity contribution in [2.75, 3.05) is 5.75 Å².